The molecular weight excluding hydrogens is 1280 g/mol. The monoisotopic (exact) mass is 1420 g/mol. The predicted octanol–water partition coefficient (Wildman–Crippen LogP) is 21.6. The number of allylic oxidation sites excluding steroid dienone is 20. The van der Waals surface area contributed by atoms with Crippen LogP contribution in [0.5, 0.6) is 0 Å². The molecule has 0 bridgehead atoms. The van der Waals surface area contributed by atoms with Gasteiger partial charge in [-0.25, -0.2) is 9.13 Å². The topological polar surface area (TPSA) is 237 Å². The Morgan fingerprint density at radius 2 is 0.571 bits per heavy atom. The van der Waals surface area contributed by atoms with E-state index in [1.54, 1.807) is 0 Å². The molecule has 0 aromatic heterocycles. The van der Waals surface area contributed by atoms with E-state index in [1.165, 1.54) is 51.4 Å². The van der Waals surface area contributed by atoms with Crippen LogP contribution < -0.4 is 0 Å². The third-order valence-electron chi connectivity index (χ3n) is 15.4. The van der Waals surface area contributed by atoms with Crippen LogP contribution in [-0.2, 0) is 65.4 Å². The first-order valence-corrected chi connectivity index (χ1v) is 40.8. The number of carbonyl (C=O) groups is 4. The Labute approximate surface area is 593 Å². The van der Waals surface area contributed by atoms with E-state index < -0.39 is 97.5 Å². The second-order valence-corrected chi connectivity index (χ2v) is 27.8. The number of aliphatic hydroxyl groups excluding tert-OH is 1. The molecule has 98 heavy (non-hydrogen) atoms. The molecule has 0 rings (SSSR count). The quantitative estimate of drug-likeness (QED) is 0.0169. The summed E-state index contributed by atoms with van der Waals surface area (Å²) in [5.41, 5.74) is 0. The molecular formula is C79H134O17P2. The van der Waals surface area contributed by atoms with Crippen LogP contribution in [0.2, 0.25) is 0 Å². The van der Waals surface area contributed by atoms with Gasteiger partial charge < -0.3 is 33.8 Å². The molecule has 17 nitrogen and oxygen atoms in total. The molecule has 0 heterocycles. The van der Waals surface area contributed by atoms with Crippen LogP contribution in [0, 0.1) is 0 Å². The van der Waals surface area contributed by atoms with Gasteiger partial charge in [-0.15, -0.1) is 0 Å². The number of esters is 4. The Hall–Kier alpha value is -4.54. The van der Waals surface area contributed by atoms with Gasteiger partial charge in [0.1, 0.15) is 19.3 Å². The van der Waals surface area contributed by atoms with Crippen LogP contribution in [0.3, 0.4) is 0 Å². The zero-order chi connectivity index (χ0) is 71.8. The number of hydrogen-bond acceptors (Lipinski definition) is 15. The van der Waals surface area contributed by atoms with Crippen LogP contribution in [0.1, 0.15) is 297 Å². The molecule has 0 saturated heterocycles. The van der Waals surface area contributed by atoms with Crippen molar-refractivity contribution in [1.29, 1.82) is 0 Å². The molecule has 3 N–H and O–H groups in total. The van der Waals surface area contributed by atoms with Gasteiger partial charge in [-0.3, -0.25) is 37.3 Å². The van der Waals surface area contributed by atoms with Crippen molar-refractivity contribution in [2.45, 2.75) is 316 Å². The maximum atomic E-state index is 13.1. The third-order valence-corrected chi connectivity index (χ3v) is 17.3. The Kier molecular flexibility index (Phi) is 67.6. The average Bonchev–Trinajstić information content (AvgIpc) is 0.966. The molecule has 0 aliphatic rings. The van der Waals surface area contributed by atoms with Gasteiger partial charge >= 0.3 is 39.5 Å². The van der Waals surface area contributed by atoms with E-state index in [0.29, 0.717) is 32.1 Å². The third kappa shape index (κ3) is 69.9. The second kappa shape index (κ2) is 70.9. The van der Waals surface area contributed by atoms with Crippen molar-refractivity contribution in [3.8, 4) is 0 Å². The molecule has 5 atom stereocenters. The molecule has 5 unspecified atom stereocenters. The second-order valence-electron chi connectivity index (χ2n) is 24.8. The van der Waals surface area contributed by atoms with Gasteiger partial charge in [-0.1, -0.05) is 252 Å². The number of phosphoric acid groups is 2. The molecule has 562 valence electrons. The Balaban J connectivity index is 5.41. The SMILES string of the molecule is CC/C=C\C/C=C\C/C=C\C/C=C\C/C=C\C/C=C\CCC(=O)OCC(COP(=O)(O)OCC(O)COP(=O)(O)OCC(COC(=O)CCCCCCC/C=C\CCCCCC)OC(=O)CCCCCCC/C=C\CCCCCC)OC(=O)CCCCCCC/C=C\C/C=C\CCC. The first-order valence-electron chi connectivity index (χ1n) is 37.8. The van der Waals surface area contributed by atoms with Crippen LogP contribution in [0.4, 0.5) is 0 Å². The largest absolute Gasteiger partial charge is 0.472 e. The summed E-state index contributed by atoms with van der Waals surface area (Å²) in [4.78, 5) is 72.7. The fourth-order valence-electron chi connectivity index (χ4n) is 9.62. The van der Waals surface area contributed by atoms with Gasteiger partial charge in [-0.2, -0.15) is 0 Å². The maximum Gasteiger partial charge on any atom is 0.472 e. The predicted molar refractivity (Wildman–Crippen MR) is 399 cm³/mol. The molecule has 19 heteroatoms. The van der Waals surface area contributed by atoms with E-state index in [-0.39, 0.29) is 25.7 Å². The lowest BCUT2D eigenvalue weighted by atomic mass is 10.1. The minimum absolute atomic E-state index is 0.0307. The van der Waals surface area contributed by atoms with Crippen molar-refractivity contribution in [3.63, 3.8) is 0 Å². The summed E-state index contributed by atoms with van der Waals surface area (Å²) in [6, 6.07) is 0. The zero-order valence-corrected chi connectivity index (χ0v) is 63.0. The van der Waals surface area contributed by atoms with Gasteiger partial charge in [0.15, 0.2) is 12.2 Å². The summed E-state index contributed by atoms with van der Waals surface area (Å²) < 4.78 is 68.3. The number of aliphatic hydroxyl groups is 1. The number of phosphoric ester groups is 2. The fourth-order valence-corrected chi connectivity index (χ4v) is 11.2. The first kappa shape index (κ1) is 93.5. The van der Waals surface area contributed by atoms with Gasteiger partial charge in [0, 0.05) is 25.7 Å². The lowest BCUT2D eigenvalue weighted by Gasteiger charge is -2.21. The first-order chi connectivity index (χ1) is 47.7. The number of hydrogen-bond donors (Lipinski definition) is 3. The van der Waals surface area contributed by atoms with Gasteiger partial charge in [0.05, 0.1) is 26.4 Å². The minimum atomic E-state index is -4.99. The highest BCUT2D eigenvalue weighted by Gasteiger charge is 2.30. The summed E-state index contributed by atoms with van der Waals surface area (Å²) in [7, 11) is -9.98. The van der Waals surface area contributed by atoms with Gasteiger partial charge in [0.25, 0.3) is 0 Å². The molecule has 0 aliphatic carbocycles. The summed E-state index contributed by atoms with van der Waals surface area (Å²) in [6.07, 6.45) is 76.4. The summed E-state index contributed by atoms with van der Waals surface area (Å²) in [6.45, 7) is 4.54. The highest BCUT2D eigenvalue weighted by Crippen LogP contribution is 2.45. The molecule has 0 spiro atoms. The average molecular weight is 1420 g/mol. The van der Waals surface area contributed by atoms with E-state index in [1.807, 2.05) is 18.2 Å². The Morgan fingerprint density at radius 3 is 0.929 bits per heavy atom. The highest BCUT2D eigenvalue weighted by atomic mass is 31.2. The number of rotatable bonds is 70. The summed E-state index contributed by atoms with van der Waals surface area (Å²) in [5.74, 6) is -2.31. The van der Waals surface area contributed by atoms with Crippen LogP contribution >= 0.6 is 15.6 Å². The van der Waals surface area contributed by atoms with Crippen molar-refractivity contribution in [2.75, 3.05) is 39.6 Å². The van der Waals surface area contributed by atoms with Gasteiger partial charge in [-0.05, 0) is 141 Å². The van der Waals surface area contributed by atoms with Crippen molar-refractivity contribution < 1.29 is 80.2 Å². The minimum Gasteiger partial charge on any atom is -0.462 e. The number of ether oxygens (including phenoxy) is 4. The Morgan fingerprint density at radius 1 is 0.296 bits per heavy atom. The van der Waals surface area contributed by atoms with Crippen molar-refractivity contribution in [1.82, 2.24) is 0 Å². The highest BCUT2D eigenvalue weighted by molar-refractivity contribution is 7.47. The lowest BCUT2D eigenvalue weighted by molar-refractivity contribution is -0.161. The van der Waals surface area contributed by atoms with E-state index in [9.17, 15) is 43.2 Å². The van der Waals surface area contributed by atoms with Crippen LogP contribution in [0.25, 0.3) is 0 Å². The number of carbonyl (C=O) groups excluding carboxylic acids is 4. The van der Waals surface area contributed by atoms with Crippen LogP contribution in [0.15, 0.2) is 122 Å². The smallest absolute Gasteiger partial charge is 0.462 e. The lowest BCUT2D eigenvalue weighted by Crippen LogP contribution is -2.30. The van der Waals surface area contributed by atoms with E-state index in [4.69, 9.17) is 37.0 Å². The maximum absolute atomic E-state index is 13.1. The molecule has 0 fully saturated rings. The van der Waals surface area contributed by atoms with Gasteiger partial charge in [0.2, 0.25) is 0 Å². The van der Waals surface area contributed by atoms with Crippen molar-refractivity contribution in [3.05, 3.63) is 122 Å². The fraction of sp³-hybridized carbons (Fsp3) is 0.696. The van der Waals surface area contributed by atoms with E-state index >= 15 is 0 Å². The zero-order valence-electron chi connectivity index (χ0n) is 61.2. The molecule has 0 saturated carbocycles. The molecule has 0 aromatic carbocycles. The molecule has 0 aromatic rings. The van der Waals surface area contributed by atoms with Crippen molar-refractivity contribution in [2.24, 2.45) is 0 Å². The molecule has 0 radical (unpaired) electrons. The normalized spacial score (nSPS) is 14.6. The standard InChI is InChI=1S/C79H134O17P2/c1-5-9-13-17-21-25-29-33-34-35-36-37-38-42-44-48-52-56-60-64-77(82)90-70-75(96-79(84)66-62-58-54-50-46-41-32-28-24-20-16-12-8-4)72-94-98(87,88)92-68-73(80)67-91-97(85,86)93-71-74(95-78(83)65-61-57-53-49-45-40-31-27-23-19-15-11-7-3)69-89-76(81)63-59-55-51-47-43-39-30-26-22-18-14-10-6-2/h9,13,16,20-21,25-28,30-34,36-37,42,44,52,56,73-75,80H,5-8,10-12,14-15,17-19,22-24,29,35,38-41,43,45-51,53-55,57-72H2,1-4H3,(H,85,86)(H,87,88)/b13-9-,20-16-,25-21-,30-26-,31-27-,32-28-,34-33-,37-36-,44-42-,56-52-. The Bertz CT molecular complexity index is 2340. The molecule has 0 aliphatic heterocycles. The van der Waals surface area contributed by atoms with E-state index in [0.717, 1.165) is 161 Å². The van der Waals surface area contributed by atoms with Crippen LogP contribution in [-0.4, -0.2) is 96.7 Å². The van der Waals surface area contributed by atoms with E-state index in [2.05, 4.69) is 131 Å². The summed E-state index contributed by atoms with van der Waals surface area (Å²) in [5, 5.41) is 10.6. The van der Waals surface area contributed by atoms with Crippen molar-refractivity contribution >= 4 is 39.5 Å². The molecule has 0 amide bonds. The number of unbranched alkanes of at least 4 members (excludes halogenated alkanes) is 24. The summed E-state index contributed by atoms with van der Waals surface area (Å²) >= 11 is 0.